The summed E-state index contributed by atoms with van der Waals surface area (Å²) in [5, 5.41) is 2.88. The van der Waals surface area contributed by atoms with E-state index in [1.807, 2.05) is 31.1 Å². The summed E-state index contributed by atoms with van der Waals surface area (Å²) in [4.78, 5) is 26.3. The first kappa shape index (κ1) is 35.1. The van der Waals surface area contributed by atoms with Gasteiger partial charge in [-0.2, -0.15) is 0 Å². The standard InChI is InChI=1S/C32H52N2O4/c1-5-7-9-11-13-15-17-19-21-23-27-37-31(35)26-25-30(29-34(3)4)33-32(36)38-28-24-22-20-18-16-14-12-10-8-6-2/h7-10,13-16,19-22,30H,5-6,11-12,17-18,23-29H2,1-4H3,(H,33,36)/b9-7+,10-8+,15-13+,16-14+,21-19+,22-20+. The fraction of sp³-hybridized carbons (Fsp3) is 0.562. The van der Waals surface area contributed by atoms with Crippen LogP contribution >= 0.6 is 0 Å². The zero-order valence-electron chi connectivity index (χ0n) is 24.3. The number of ether oxygens (including phenoxy) is 2. The molecule has 0 fully saturated rings. The molecule has 1 amide bonds. The average molecular weight is 529 g/mol. The van der Waals surface area contributed by atoms with Crippen LogP contribution in [-0.2, 0) is 14.3 Å². The molecular formula is C32H52N2O4. The van der Waals surface area contributed by atoms with Crippen LogP contribution in [0.15, 0.2) is 72.9 Å². The molecule has 0 radical (unpaired) electrons. The van der Waals surface area contributed by atoms with E-state index in [9.17, 15) is 9.59 Å². The Labute approximate surface area is 232 Å². The summed E-state index contributed by atoms with van der Waals surface area (Å²) in [6.07, 6.45) is 32.9. The molecule has 0 aromatic carbocycles. The summed E-state index contributed by atoms with van der Waals surface area (Å²) in [5.41, 5.74) is 0. The number of esters is 1. The monoisotopic (exact) mass is 528 g/mol. The predicted molar refractivity (Wildman–Crippen MR) is 160 cm³/mol. The average Bonchev–Trinajstić information content (AvgIpc) is 2.88. The van der Waals surface area contributed by atoms with Crippen LogP contribution in [0.3, 0.4) is 0 Å². The van der Waals surface area contributed by atoms with Gasteiger partial charge in [-0.1, -0.05) is 86.8 Å². The molecule has 0 aliphatic rings. The Morgan fingerprint density at radius 1 is 0.684 bits per heavy atom. The van der Waals surface area contributed by atoms with E-state index in [-0.39, 0.29) is 18.4 Å². The van der Waals surface area contributed by atoms with Crippen molar-refractivity contribution in [2.45, 2.75) is 84.1 Å². The van der Waals surface area contributed by atoms with Crippen LogP contribution in [-0.4, -0.2) is 56.9 Å². The minimum absolute atomic E-state index is 0.189. The van der Waals surface area contributed by atoms with Crippen LogP contribution in [0.4, 0.5) is 4.79 Å². The molecule has 6 heteroatoms. The Balaban J connectivity index is 4.08. The lowest BCUT2D eigenvalue weighted by Crippen LogP contribution is -2.42. The summed E-state index contributed by atoms with van der Waals surface area (Å²) < 4.78 is 10.6. The van der Waals surface area contributed by atoms with Crippen LogP contribution in [0.5, 0.6) is 0 Å². The van der Waals surface area contributed by atoms with Crippen LogP contribution in [0, 0.1) is 0 Å². The number of rotatable bonds is 22. The number of alkyl carbamates (subject to hydrolysis) is 1. The van der Waals surface area contributed by atoms with Gasteiger partial charge < -0.3 is 19.7 Å². The number of nitrogens with zero attached hydrogens (tertiary/aromatic N) is 1. The number of carbonyl (C=O) groups is 2. The maximum absolute atomic E-state index is 12.2. The van der Waals surface area contributed by atoms with Gasteiger partial charge in [-0.25, -0.2) is 4.79 Å². The molecule has 1 N–H and O–H groups in total. The normalized spacial score (nSPS) is 13.3. The Kier molecular flexibility index (Phi) is 25.1. The van der Waals surface area contributed by atoms with Crippen molar-refractivity contribution in [2.24, 2.45) is 0 Å². The zero-order chi connectivity index (χ0) is 28.1. The quantitative estimate of drug-likeness (QED) is 0.0897. The molecule has 0 rings (SSSR count). The molecule has 1 unspecified atom stereocenters. The Morgan fingerprint density at radius 3 is 1.61 bits per heavy atom. The van der Waals surface area contributed by atoms with Gasteiger partial charge in [0.25, 0.3) is 0 Å². The third-order valence-electron chi connectivity index (χ3n) is 5.23. The molecule has 0 spiro atoms. The summed E-state index contributed by atoms with van der Waals surface area (Å²) in [5.74, 6) is -0.250. The van der Waals surface area contributed by atoms with Crippen LogP contribution in [0.25, 0.3) is 0 Å². The van der Waals surface area contributed by atoms with Gasteiger partial charge in [0.1, 0.15) is 0 Å². The third-order valence-corrected chi connectivity index (χ3v) is 5.23. The SMILES string of the molecule is CC/C=C/C/C=C/C/C=C/CCOC(=O)CCC(CN(C)C)NC(=O)OCC/C=C/C/C=C/C/C=C/CC. The van der Waals surface area contributed by atoms with E-state index in [0.717, 1.165) is 38.5 Å². The fourth-order valence-electron chi connectivity index (χ4n) is 3.34. The lowest BCUT2D eigenvalue weighted by atomic mass is 10.1. The first-order chi connectivity index (χ1) is 18.5. The van der Waals surface area contributed by atoms with Gasteiger partial charge >= 0.3 is 12.1 Å². The number of carbonyl (C=O) groups excluding carboxylic acids is 2. The smallest absolute Gasteiger partial charge is 0.407 e. The molecule has 0 aliphatic carbocycles. The van der Waals surface area contributed by atoms with Gasteiger partial charge in [-0.05, 0) is 71.9 Å². The molecular weight excluding hydrogens is 476 g/mol. The molecule has 38 heavy (non-hydrogen) atoms. The van der Waals surface area contributed by atoms with E-state index in [4.69, 9.17) is 9.47 Å². The molecule has 0 bridgehead atoms. The van der Waals surface area contributed by atoms with Gasteiger partial charge in [-0.15, -0.1) is 0 Å². The molecule has 0 aromatic heterocycles. The second-order valence-electron chi connectivity index (χ2n) is 9.16. The highest BCUT2D eigenvalue weighted by Crippen LogP contribution is 2.03. The minimum Gasteiger partial charge on any atom is -0.465 e. The molecule has 214 valence electrons. The number of amides is 1. The van der Waals surface area contributed by atoms with Crippen molar-refractivity contribution in [3.8, 4) is 0 Å². The summed E-state index contributed by atoms with van der Waals surface area (Å²) in [6.45, 7) is 5.56. The lowest BCUT2D eigenvalue weighted by Gasteiger charge is -2.21. The van der Waals surface area contributed by atoms with E-state index in [1.165, 1.54) is 0 Å². The Morgan fingerprint density at radius 2 is 1.13 bits per heavy atom. The Hall–Kier alpha value is -2.86. The number of likely N-dealkylation sites (N-methyl/N-ethyl adjacent to an activating group) is 1. The molecule has 0 saturated carbocycles. The first-order valence-corrected chi connectivity index (χ1v) is 14.1. The van der Waals surface area contributed by atoms with Crippen molar-refractivity contribution in [1.82, 2.24) is 10.2 Å². The number of hydrogen-bond donors (Lipinski definition) is 1. The third kappa shape index (κ3) is 26.2. The number of nitrogens with one attached hydrogen (secondary N) is 1. The van der Waals surface area contributed by atoms with Gasteiger partial charge in [0.2, 0.25) is 0 Å². The van der Waals surface area contributed by atoms with Crippen molar-refractivity contribution in [3.05, 3.63) is 72.9 Å². The largest absolute Gasteiger partial charge is 0.465 e. The molecule has 1 atom stereocenters. The molecule has 0 saturated heterocycles. The van der Waals surface area contributed by atoms with Gasteiger partial charge in [0, 0.05) is 19.0 Å². The first-order valence-electron chi connectivity index (χ1n) is 14.1. The van der Waals surface area contributed by atoms with Gasteiger partial charge in [-0.3, -0.25) is 4.79 Å². The van der Waals surface area contributed by atoms with Crippen molar-refractivity contribution < 1.29 is 19.1 Å². The molecule has 0 heterocycles. The van der Waals surface area contributed by atoms with Crippen molar-refractivity contribution in [1.29, 1.82) is 0 Å². The van der Waals surface area contributed by atoms with E-state index >= 15 is 0 Å². The number of hydrogen-bond acceptors (Lipinski definition) is 5. The zero-order valence-corrected chi connectivity index (χ0v) is 24.3. The van der Waals surface area contributed by atoms with Crippen LogP contribution < -0.4 is 5.32 Å². The van der Waals surface area contributed by atoms with Gasteiger partial charge in [0.15, 0.2) is 0 Å². The second kappa shape index (κ2) is 27.2. The lowest BCUT2D eigenvalue weighted by molar-refractivity contribution is -0.143. The second-order valence-corrected chi connectivity index (χ2v) is 9.16. The van der Waals surface area contributed by atoms with Crippen molar-refractivity contribution >= 4 is 12.1 Å². The number of allylic oxidation sites excluding steroid dienone is 10. The van der Waals surface area contributed by atoms with E-state index in [0.29, 0.717) is 39.0 Å². The van der Waals surface area contributed by atoms with Gasteiger partial charge in [0.05, 0.1) is 13.2 Å². The molecule has 0 aliphatic heterocycles. The van der Waals surface area contributed by atoms with E-state index < -0.39 is 6.09 Å². The van der Waals surface area contributed by atoms with E-state index in [1.54, 1.807) is 0 Å². The highest BCUT2D eigenvalue weighted by atomic mass is 16.5. The van der Waals surface area contributed by atoms with Crippen molar-refractivity contribution in [2.75, 3.05) is 33.9 Å². The topological polar surface area (TPSA) is 67.9 Å². The molecule has 6 nitrogen and oxygen atoms in total. The predicted octanol–water partition coefficient (Wildman–Crippen LogP) is 7.46. The fourth-order valence-corrected chi connectivity index (χ4v) is 3.34. The minimum atomic E-state index is -0.457. The molecule has 0 aromatic rings. The van der Waals surface area contributed by atoms with Crippen LogP contribution in [0.1, 0.15) is 78.1 Å². The highest BCUT2D eigenvalue weighted by molar-refractivity contribution is 5.70. The van der Waals surface area contributed by atoms with E-state index in [2.05, 4.69) is 79.9 Å². The maximum Gasteiger partial charge on any atom is 0.407 e. The summed E-state index contributed by atoms with van der Waals surface area (Å²) in [7, 11) is 3.86. The van der Waals surface area contributed by atoms with Crippen LogP contribution in [0.2, 0.25) is 0 Å². The summed E-state index contributed by atoms with van der Waals surface area (Å²) in [6, 6.07) is -0.189. The summed E-state index contributed by atoms with van der Waals surface area (Å²) >= 11 is 0. The highest BCUT2D eigenvalue weighted by Gasteiger charge is 2.16. The Bertz CT molecular complexity index is 763. The maximum atomic E-state index is 12.2. The van der Waals surface area contributed by atoms with Crippen molar-refractivity contribution in [3.63, 3.8) is 0 Å².